The van der Waals surface area contributed by atoms with Gasteiger partial charge in [0.25, 0.3) is 0 Å². The minimum absolute atomic E-state index is 0.0304. The average Bonchev–Trinajstić information content (AvgIpc) is 2.61. The number of hydrogen-bond acceptors (Lipinski definition) is 4. The minimum atomic E-state index is -0.0760. The molecule has 0 aromatic heterocycles. The first-order chi connectivity index (χ1) is 8.69. The number of halogens is 1. The maximum Gasteiger partial charge on any atom is 0.168 e. The summed E-state index contributed by atoms with van der Waals surface area (Å²) in [7, 11) is 1.61. The molecule has 1 unspecified atom stereocenters. The third kappa shape index (κ3) is 2.42. The topological polar surface area (TPSA) is 47.9 Å². The van der Waals surface area contributed by atoms with Crippen LogP contribution in [-0.2, 0) is 0 Å². The second-order valence-corrected chi connectivity index (χ2v) is 5.12. The Morgan fingerprint density at radius 3 is 2.83 bits per heavy atom. The first-order valence-electron chi connectivity index (χ1n) is 5.95. The van der Waals surface area contributed by atoms with Crippen molar-refractivity contribution in [2.45, 2.75) is 19.3 Å². The molecule has 5 heteroatoms. The molecule has 0 saturated heterocycles. The second kappa shape index (κ2) is 5.80. The Kier molecular flexibility index (Phi) is 4.35. The van der Waals surface area contributed by atoms with E-state index in [0.717, 1.165) is 16.5 Å². The van der Waals surface area contributed by atoms with Gasteiger partial charge >= 0.3 is 0 Å². The van der Waals surface area contributed by atoms with Crippen LogP contribution >= 0.6 is 15.9 Å². The molecule has 0 fully saturated rings. The highest BCUT2D eigenvalue weighted by molar-refractivity contribution is 9.10. The number of rotatable bonds is 3. The third-order valence-corrected chi connectivity index (χ3v) is 3.54. The summed E-state index contributed by atoms with van der Waals surface area (Å²) in [5.74, 6) is 2.01. The van der Waals surface area contributed by atoms with Gasteiger partial charge < -0.3 is 19.3 Å². The highest BCUT2D eigenvalue weighted by Gasteiger charge is 2.25. The van der Waals surface area contributed by atoms with E-state index in [0.29, 0.717) is 30.5 Å². The van der Waals surface area contributed by atoms with E-state index < -0.39 is 0 Å². The number of fused-ring (bicyclic) bond motifs is 1. The van der Waals surface area contributed by atoms with Gasteiger partial charge in [-0.2, -0.15) is 0 Å². The highest BCUT2D eigenvalue weighted by Crippen LogP contribution is 2.47. The monoisotopic (exact) mass is 316 g/mol. The molecule has 0 spiro atoms. The number of benzene rings is 1. The summed E-state index contributed by atoms with van der Waals surface area (Å²) in [6, 6.07) is 1.85. The zero-order valence-corrected chi connectivity index (χ0v) is 12.1. The van der Waals surface area contributed by atoms with Crippen molar-refractivity contribution in [3.05, 3.63) is 16.1 Å². The molecule has 100 valence electrons. The SMILES string of the molecule is COc1c(Br)cc2c(c1C(C)CO)OCCCO2. The van der Waals surface area contributed by atoms with Crippen LogP contribution in [0, 0.1) is 0 Å². The van der Waals surface area contributed by atoms with Crippen molar-refractivity contribution in [3.8, 4) is 17.2 Å². The molecular weight excluding hydrogens is 300 g/mol. The van der Waals surface area contributed by atoms with Crippen LogP contribution < -0.4 is 14.2 Å². The molecule has 1 heterocycles. The lowest BCUT2D eigenvalue weighted by Gasteiger charge is -2.20. The lowest BCUT2D eigenvalue weighted by molar-refractivity contribution is 0.260. The Morgan fingerprint density at radius 1 is 1.44 bits per heavy atom. The van der Waals surface area contributed by atoms with E-state index in [-0.39, 0.29) is 12.5 Å². The Balaban J connectivity index is 2.60. The van der Waals surface area contributed by atoms with Crippen LogP contribution in [0.1, 0.15) is 24.8 Å². The van der Waals surface area contributed by atoms with Crippen molar-refractivity contribution in [2.75, 3.05) is 26.9 Å². The van der Waals surface area contributed by atoms with Crippen LogP contribution in [-0.4, -0.2) is 32.0 Å². The van der Waals surface area contributed by atoms with E-state index in [1.807, 2.05) is 13.0 Å². The molecule has 1 atom stereocenters. The molecule has 1 aliphatic heterocycles. The van der Waals surface area contributed by atoms with E-state index in [2.05, 4.69) is 15.9 Å². The van der Waals surface area contributed by atoms with Gasteiger partial charge in [0.05, 0.1) is 24.8 Å². The largest absolute Gasteiger partial charge is 0.495 e. The lowest BCUT2D eigenvalue weighted by Crippen LogP contribution is -2.07. The maximum atomic E-state index is 9.40. The first-order valence-corrected chi connectivity index (χ1v) is 6.75. The Labute approximate surface area is 115 Å². The predicted molar refractivity (Wildman–Crippen MR) is 71.8 cm³/mol. The van der Waals surface area contributed by atoms with Gasteiger partial charge in [-0.15, -0.1) is 0 Å². The molecule has 1 N–H and O–H groups in total. The number of aliphatic hydroxyl groups excluding tert-OH is 1. The smallest absolute Gasteiger partial charge is 0.168 e. The van der Waals surface area contributed by atoms with Gasteiger partial charge in [-0.25, -0.2) is 0 Å². The molecule has 0 saturated carbocycles. The fourth-order valence-corrected chi connectivity index (χ4v) is 2.61. The van der Waals surface area contributed by atoms with Gasteiger partial charge in [0.1, 0.15) is 5.75 Å². The van der Waals surface area contributed by atoms with Gasteiger partial charge in [-0.05, 0) is 15.9 Å². The molecule has 1 aromatic carbocycles. The molecule has 0 amide bonds. The predicted octanol–water partition coefficient (Wildman–Crippen LogP) is 2.71. The van der Waals surface area contributed by atoms with Crippen molar-refractivity contribution < 1.29 is 19.3 Å². The summed E-state index contributed by atoms with van der Waals surface area (Å²) in [5.41, 5.74) is 0.853. The number of hydrogen-bond donors (Lipinski definition) is 1. The van der Waals surface area contributed by atoms with Gasteiger partial charge in [0.15, 0.2) is 11.5 Å². The third-order valence-electron chi connectivity index (χ3n) is 2.95. The van der Waals surface area contributed by atoms with E-state index in [9.17, 15) is 5.11 Å². The van der Waals surface area contributed by atoms with Crippen LogP contribution in [0.25, 0.3) is 0 Å². The summed E-state index contributed by atoms with van der Waals surface area (Å²) < 4.78 is 17.7. The van der Waals surface area contributed by atoms with Gasteiger partial charge in [-0.3, -0.25) is 0 Å². The molecule has 0 radical (unpaired) electrons. The van der Waals surface area contributed by atoms with Crippen molar-refractivity contribution in [1.82, 2.24) is 0 Å². The fraction of sp³-hybridized carbons (Fsp3) is 0.538. The minimum Gasteiger partial charge on any atom is -0.495 e. The zero-order chi connectivity index (χ0) is 13.1. The van der Waals surface area contributed by atoms with Crippen LogP contribution in [0.4, 0.5) is 0 Å². The standard InChI is InChI=1S/C13H17BrO4/c1-8(7-15)11-12(16-2)9(14)6-10-13(11)18-5-3-4-17-10/h6,8,15H,3-5,7H2,1-2H3. The highest BCUT2D eigenvalue weighted by atomic mass is 79.9. The molecule has 1 aliphatic rings. The molecular formula is C13H17BrO4. The van der Waals surface area contributed by atoms with Crippen molar-refractivity contribution in [1.29, 1.82) is 0 Å². The van der Waals surface area contributed by atoms with Gasteiger partial charge in [0.2, 0.25) is 0 Å². The number of aliphatic hydroxyl groups is 1. The normalized spacial score (nSPS) is 16.0. The van der Waals surface area contributed by atoms with E-state index in [4.69, 9.17) is 14.2 Å². The molecule has 1 aromatic rings. The van der Waals surface area contributed by atoms with Gasteiger partial charge in [-0.1, -0.05) is 6.92 Å². The van der Waals surface area contributed by atoms with Crippen molar-refractivity contribution in [3.63, 3.8) is 0 Å². The fourth-order valence-electron chi connectivity index (χ4n) is 2.03. The first kappa shape index (κ1) is 13.5. The Bertz CT molecular complexity index is 433. The molecule has 4 nitrogen and oxygen atoms in total. The quantitative estimate of drug-likeness (QED) is 0.931. The van der Waals surface area contributed by atoms with Crippen LogP contribution in [0.3, 0.4) is 0 Å². The molecule has 0 aliphatic carbocycles. The molecule has 0 bridgehead atoms. The average molecular weight is 317 g/mol. The summed E-state index contributed by atoms with van der Waals surface area (Å²) in [6.07, 6.45) is 0.849. The second-order valence-electron chi connectivity index (χ2n) is 4.27. The lowest BCUT2D eigenvalue weighted by atomic mass is 9.99. The van der Waals surface area contributed by atoms with E-state index in [1.54, 1.807) is 7.11 Å². The summed E-state index contributed by atoms with van der Waals surface area (Å²) in [6.45, 7) is 3.21. The van der Waals surface area contributed by atoms with Gasteiger partial charge in [0, 0.05) is 30.6 Å². The Morgan fingerprint density at radius 2 is 2.17 bits per heavy atom. The van der Waals surface area contributed by atoms with Crippen LogP contribution in [0.5, 0.6) is 17.2 Å². The van der Waals surface area contributed by atoms with Crippen LogP contribution in [0.2, 0.25) is 0 Å². The van der Waals surface area contributed by atoms with Crippen LogP contribution in [0.15, 0.2) is 10.5 Å². The molecule has 18 heavy (non-hydrogen) atoms. The summed E-state index contributed by atoms with van der Waals surface area (Å²) in [4.78, 5) is 0. The summed E-state index contributed by atoms with van der Waals surface area (Å²) >= 11 is 3.47. The van der Waals surface area contributed by atoms with E-state index >= 15 is 0 Å². The number of ether oxygens (including phenoxy) is 3. The molecule has 2 rings (SSSR count). The maximum absolute atomic E-state index is 9.40. The Hall–Kier alpha value is -0.940. The number of methoxy groups -OCH3 is 1. The van der Waals surface area contributed by atoms with Crippen molar-refractivity contribution in [2.24, 2.45) is 0 Å². The van der Waals surface area contributed by atoms with E-state index in [1.165, 1.54) is 0 Å². The van der Waals surface area contributed by atoms with Crippen molar-refractivity contribution >= 4 is 15.9 Å². The zero-order valence-electron chi connectivity index (χ0n) is 10.5. The summed E-state index contributed by atoms with van der Waals surface area (Å²) in [5, 5.41) is 9.40.